The van der Waals surface area contributed by atoms with Gasteiger partial charge in [-0.3, -0.25) is 9.52 Å². The van der Waals surface area contributed by atoms with Crippen molar-refractivity contribution in [2.24, 2.45) is 0 Å². The average molecular weight is 348 g/mol. The molecule has 0 unspecified atom stereocenters. The van der Waals surface area contributed by atoms with E-state index in [-0.39, 0.29) is 16.5 Å². The molecule has 0 bridgehead atoms. The molecule has 0 fully saturated rings. The fraction of sp³-hybridized carbons (Fsp3) is 0.500. The molecule has 1 aromatic rings. The number of hydrogen-bond donors (Lipinski definition) is 3. The number of rotatable bonds is 5. The van der Waals surface area contributed by atoms with Gasteiger partial charge >= 0.3 is 0 Å². The lowest BCUT2D eigenvalue weighted by Gasteiger charge is -2.24. The minimum Gasteiger partial charge on any atom is -0.374 e. The van der Waals surface area contributed by atoms with Crippen LogP contribution in [0, 0.1) is 0 Å². The molecule has 0 saturated heterocycles. The number of sulfonamides is 1. The van der Waals surface area contributed by atoms with E-state index < -0.39 is 16.1 Å². The second-order valence-electron chi connectivity index (χ2n) is 6.17. The van der Waals surface area contributed by atoms with Gasteiger partial charge in [-0.15, -0.1) is 0 Å². The lowest BCUT2D eigenvalue weighted by atomic mass is 10.1. The summed E-state index contributed by atoms with van der Waals surface area (Å²) in [6, 6.07) is 4.31. The van der Waals surface area contributed by atoms with Crippen LogP contribution in [0.15, 0.2) is 18.2 Å². The van der Waals surface area contributed by atoms with Crippen molar-refractivity contribution in [1.82, 2.24) is 5.32 Å². The SMILES string of the molecule is C[C@H](Nc1ccc(NS(C)(=O)=O)c(Cl)c1)C(=O)NC(C)(C)C. The Kier molecular flexibility index (Phi) is 5.70. The van der Waals surface area contributed by atoms with Gasteiger partial charge in [0.25, 0.3) is 0 Å². The first-order valence-electron chi connectivity index (χ1n) is 6.73. The summed E-state index contributed by atoms with van der Waals surface area (Å²) >= 11 is 6.04. The molecule has 22 heavy (non-hydrogen) atoms. The normalized spacial score (nSPS) is 13.4. The zero-order valence-corrected chi connectivity index (χ0v) is 14.9. The van der Waals surface area contributed by atoms with Gasteiger partial charge in [0, 0.05) is 11.2 Å². The molecule has 0 aromatic heterocycles. The van der Waals surface area contributed by atoms with Crippen molar-refractivity contribution < 1.29 is 13.2 Å². The largest absolute Gasteiger partial charge is 0.374 e. The van der Waals surface area contributed by atoms with Gasteiger partial charge in [-0.05, 0) is 45.9 Å². The fourth-order valence-electron chi connectivity index (χ4n) is 1.68. The Morgan fingerprint density at radius 1 is 1.27 bits per heavy atom. The molecular weight excluding hydrogens is 326 g/mol. The molecule has 0 aliphatic rings. The molecule has 0 saturated carbocycles. The molecule has 0 radical (unpaired) electrons. The molecule has 3 N–H and O–H groups in total. The summed E-state index contributed by atoms with van der Waals surface area (Å²) in [5.74, 6) is -0.137. The molecule has 0 spiro atoms. The Hall–Kier alpha value is -1.47. The lowest BCUT2D eigenvalue weighted by Crippen LogP contribution is -2.47. The molecule has 1 atom stereocenters. The number of benzene rings is 1. The molecule has 1 amide bonds. The van der Waals surface area contributed by atoms with E-state index in [0.29, 0.717) is 11.4 Å². The smallest absolute Gasteiger partial charge is 0.242 e. The van der Waals surface area contributed by atoms with Gasteiger partial charge in [-0.2, -0.15) is 0 Å². The predicted octanol–water partition coefficient (Wildman–Crippen LogP) is 2.43. The molecule has 0 aliphatic heterocycles. The Balaban J connectivity index is 2.79. The van der Waals surface area contributed by atoms with E-state index >= 15 is 0 Å². The van der Waals surface area contributed by atoms with Crippen LogP contribution in [0.2, 0.25) is 5.02 Å². The highest BCUT2D eigenvalue weighted by Crippen LogP contribution is 2.26. The van der Waals surface area contributed by atoms with Gasteiger partial charge in [0.15, 0.2) is 0 Å². The van der Waals surface area contributed by atoms with E-state index in [1.165, 1.54) is 0 Å². The van der Waals surface area contributed by atoms with Crippen molar-refractivity contribution >= 4 is 38.9 Å². The standard InChI is InChI=1S/C14H22ClN3O3S/c1-9(13(19)17-14(2,3)4)16-10-6-7-12(11(15)8-10)18-22(5,20)21/h6-9,16,18H,1-5H3,(H,17,19)/t9-/m0/s1. The van der Waals surface area contributed by atoms with Crippen molar-refractivity contribution in [1.29, 1.82) is 0 Å². The maximum Gasteiger partial charge on any atom is 0.242 e. The summed E-state index contributed by atoms with van der Waals surface area (Å²) in [5, 5.41) is 6.14. The van der Waals surface area contributed by atoms with Crippen LogP contribution in [0.3, 0.4) is 0 Å². The van der Waals surface area contributed by atoms with Gasteiger partial charge in [-0.1, -0.05) is 11.6 Å². The third kappa shape index (κ3) is 6.53. The summed E-state index contributed by atoms with van der Waals surface area (Å²) in [6.45, 7) is 7.44. The van der Waals surface area contributed by atoms with Crippen LogP contribution in [0.4, 0.5) is 11.4 Å². The van der Waals surface area contributed by atoms with Crippen LogP contribution >= 0.6 is 11.6 Å². The summed E-state index contributed by atoms with van der Waals surface area (Å²) in [7, 11) is -3.39. The number of amides is 1. The van der Waals surface area contributed by atoms with Gasteiger partial charge in [0.2, 0.25) is 15.9 Å². The first-order chi connectivity index (χ1) is 9.87. The van der Waals surface area contributed by atoms with E-state index in [4.69, 9.17) is 11.6 Å². The molecule has 6 nitrogen and oxygen atoms in total. The molecule has 0 aliphatic carbocycles. The fourth-order valence-corrected chi connectivity index (χ4v) is 2.54. The van der Waals surface area contributed by atoms with Crippen molar-refractivity contribution in [2.75, 3.05) is 16.3 Å². The van der Waals surface area contributed by atoms with Crippen molar-refractivity contribution in [3.8, 4) is 0 Å². The zero-order chi connectivity index (χ0) is 17.1. The Morgan fingerprint density at radius 3 is 2.32 bits per heavy atom. The molecule has 1 aromatic carbocycles. The second-order valence-corrected chi connectivity index (χ2v) is 8.33. The monoisotopic (exact) mass is 347 g/mol. The summed E-state index contributed by atoms with van der Waals surface area (Å²) < 4.78 is 24.7. The molecule has 124 valence electrons. The Bertz CT molecular complexity index is 654. The zero-order valence-electron chi connectivity index (χ0n) is 13.3. The number of anilines is 2. The number of hydrogen-bond acceptors (Lipinski definition) is 4. The number of nitrogens with one attached hydrogen (secondary N) is 3. The van der Waals surface area contributed by atoms with Gasteiger partial charge in [0.1, 0.15) is 6.04 Å². The van der Waals surface area contributed by atoms with E-state index in [1.54, 1.807) is 25.1 Å². The van der Waals surface area contributed by atoms with E-state index in [9.17, 15) is 13.2 Å². The summed E-state index contributed by atoms with van der Waals surface area (Å²) in [5.41, 5.74) is 0.607. The van der Waals surface area contributed by atoms with E-state index in [2.05, 4.69) is 15.4 Å². The summed E-state index contributed by atoms with van der Waals surface area (Å²) in [6.07, 6.45) is 1.05. The maximum atomic E-state index is 12.0. The molecule has 8 heteroatoms. The van der Waals surface area contributed by atoms with Crippen LogP contribution in [0.25, 0.3) is 0 Å². The minimum atomic E-state index is -3.39. The van der Waals surface area contributed by atoms with Gasteiger partial charge in [-0.25, -0.2) is 8.42 Å². The first-order valence-corrected chi connectivity index (χ1v) is 9.00. The van der Waals surface area contributed by atoms with Crippen LogP contribution in [0.5, 0.6) is 0 Å². The highest BCUT2D eigenvalue weighted by Gasteiger charge is 2.19. The van der Waals surface area contributed by atoms with E-state index in [0.717, 1.165) is 6.26 Å². The van der Waals surface area contributed by atoms with Crippen molar-refractivity contribution in [3.05, 3.63) is 23.2 Å². The minimum absolute atomic E-state index is 0.137. The highest BCUT2D eigenvalue weighted by atomic mass is 35.5. The van der Waals surface area contributed by atoms with Crippen LogP contribution < -0.4 is 15.4 Å². The lowest BCUT2D eigenvalue weighted by molar-refractivity contribution is -0.122. The Morgan fingerprint density at radius 2 is 1.86 bits per heavy atom. The third-order valence-electron chi connectivity index (χ3n) is 2.54. The highest BCUT2D eigenvalue weighted by molar-refractivity contribution is 7.92. The number of carbonyl (C=O) groups excluding carboxylic acids is 1. The quantitative estimate of drug-likeness (QED) is 0.763. The van der Waals surface area contributed by atoms with Gasteiger partial charge < -0.3 is 10.6 Å². The molecular formula is C14H22ClN3O3S. The van der Waals surface area contributed by atoms with Crippen molar-refractivity contribution in [2.45, 2.75) is 39.3 Å². The Labute approximate surface area is 136 Å². The maximum absolute atomic E-state index is 12.0. The van der Waals surface area contributed by atoms with Crippen molar-refractivity contribution in [3.63, 3.8) is 0 Å². The molecule has 0 heterocycles. The van der Waals surface area contributed by atoms with Gasteiger partial charge in [0.05, 0.1) is 17.0 Å². The van der Waals surface area contributed by atoms with Crippen LogP contribution in [-0.4, -0.2) is 32.2 Å². The topological polar surface area (TPSA) is 87.3 Å². The average Bonchev–Trinajstić information content (AvgIpc) is 2.29. The van der Waals surface area contributed by atoms with E-state index in [1.807, 2.05) is 20.8 Å². The summed E-state index contributed by atoms with van der Waals surface area (Å²) in [4.78, 5) is 12.0. The molecule has 1 rings (SSSR count). The third-order valence-corrected chi connectivity index (χ3v) is 3.44. The van der Waals surface area contributed by atoms with Crippen LogP contribution in [-0.2, 0) is 14.8 Å². The predicted molar refractivity (Wildman–Crippen MR) is 90.9 cm³/mol. The number of halogens is 1. The van der Waals surface area contributed by atoms with Crippen LogP contribution in [0.1, 0.15) is 27.7 Å². The number of carbonyl (C=O) groups is 1. The second kappa shape index (κ2) is 6.75. The first kappa shape index (κ1) is 18.6.